The molecule has 1 N–H and O–H groups in total. The molecule has 0 radical (unpaired) electrons. The van der Waals surface area contributed by atoms with Gasteiger partial charge in [-0.05, 0) is 18.0 Å². The van der Waals surface area contributed by atoms with E-state index in [-0.39, 0.29) is 12.6 Å². The normalized spacial score (nSPS) is 15.1. The topological polar surface area (TPSA) is 54.4 Å². The van der Waals surface area contributed by atoms with E-state index < -0.39 is 12.6 Å². The number of unbranched alkanes of at least 4 members (excludes halogenated alkanes) is 3. The van der Waals surface area contributed by atoms with E-state index in [4.69, 9.17) is 11.6 Å². The van der Waals surface area contributed by atoms with Gasteiger partial charge in [-0.1, -0.05) is 26.2 Å². The molecule has 0 aliphatic heterocycles. The van der Waals surface area contributed by atoms with Gasteiger partial charge in [-0.15, -0.1) is 0 Å². The third-order valence-electron chi connectivity index (χ3n) is 2.02. The highest BCUT2D eigenvalue weighted by atomic mass is 35.5. The average Bonchev–Trinajstić information content (AvgIpc) is 2.10. The molecule has 1 atom stereocenters. The third-order valence-corrected chi connectivity index (χ3v) is 4.15. The van der Waals surface area contributed by atoms with Crippen LogP contribution in [0.2, 0.25) is 0 Å². The molecule has 0 saturated heterocycles. The molecule has 14 heavy (non-hydrogen) atoms. The summed E-state index contributed by atoms with van der Waals surface area (Å²) in [5, 5.41) is -0.534. The van der Waals surface area contributed by atoms with E-state index in [2.05, 4.69) is 6.92 Å². The van der Waals surface area contributed by atoms with Crippen molar-refractivity contribution < 1.29 is 14.3 Å². The molecule has 3 nitrogen and oxygen atoms in total. The summed E-state index contributed by atoms with van der Waals surface area (Å²) in [6, 6.07) is 0. The van der Waals surface area contributed by atoms with Gasteiger partial charge in [-0.25, -0.2) is 0 Å². The molecule has 0 aromatic rings. The second-order valence-corrected chi connectivity index (χ2v) is 6.47. The molecule has 0 aliphatic rings. The van der Waals surface area contributed by atoms with Crippen LogP contribution >= 0.6 is 19.0 Å². The number of carbonyl (C=O) groups excluding carboxylic acids is 1. The highest BCUT2D eigenvalue weighted by Crippen LogP contribution is 2.42. The van der Waals surface area contributed by atoms with Crippen LogP contribution in [0.1, 0.15) is 39.0 Å². The molecule has 5 heteroatoms. The summed E-state index contributed by atoms with van der Waals surface area (Å²) in [4.78, 5) is 19.8. The Morgan fingerprint density at radius 2 is 1.93 bits per heavy atom. The number of carbonyl (C=O) groups is 1. The summed E-state index contributed by atoms with van der Waals surface area (Å²) in [6.07, 6.45) is 4.29. The molecule has 1 unspecified atom stereocenters. The molecule has 84 valence electrons. The summed E-state index contributed by atoms with van der Waals surface area (Å²) in [5.74, 6) is 0. The van der Waals surface area contributed by atoms with Gasteiger partial charge >= 0.3 is 0 Å². The minimum atomic E-state index is -3.09. The standard InChI is InChI=1S/C9H18ClO3P/c1-2-3-4-5-7-14(12,13)8-6-9(10)11/h2-8H2,1H3,(H,12,13). The van der Waals surface area contributed by atoms with Crippen molar-refractivity contribution in [3.05, 3.63) is 0 Å². The van der Waals surface area contributed by atoms with Crippen molar-refractivity contribution in [1.29, 1.82) is 0 Å². The Hall–Kier alpha value is 0.150. The average molecular weight is 241 g/mol. The highest BCUT2D eigenvalue weighted by molar-refractivity contribution is 7.58. The van der Waals surface area contributed by atoms with Crippen LogP contribution in [0.15, 0.2) is 0 Å². The van der Waals surface area contributed by atoms with E-state index in [0.717, 1.165) is 25.7 Å². The second kappa shape index (κ2) is 7.44. The first-order valence-corrected chi connectivity index (χ1v) is 7.38. The smallest absolute Gasteiger partial charge is 0.222 e. The minimum Gasteiger partial charge on any atom is -0.344 e. The van der Waals surface area contributed by atoms with Crippen molar-refractivity contribution in [2.75, 3.05) is 12.3 Å². The van der Waals surface area contributed by atoms with Crippen molar-refractivity contribution in [3.63, 3.8) is 0 Å². The maximum absolute atomic E-state index is 11.4. The molecule has 0 amide bonds. The van der Waals surface area contributed by atoms with Crippen molar-refractivity contribution in [3.8, 4) is 0 Å². The molecule has 0 saturated carbocycles. The van der Waals surface area contributed by atoms with Gasteiger partial charge in [0.15, 0.2) is 0 Å². The predicted octanol–water partition coefficient (Wildman–Crippen LogP) is 2.99. The summed E-state index contributed by atoms with van der Waals surface area (Å²) in [5.41, 5.74) is 0. The minimum absolute atomic E-state index is 0.00309. The Kier molecular flexibility index (Phi) is 7.52. The number of hydrogen-bond acceptors (Lipinski definition) is 2. The first-order valence-electron chi connectivity index (χ1n) is 4.97. The van der Waals surface area contributed by atoms with Gasteiger partial charge in [-0.2, -0.15) is 0 Å². The van der Waals surface area contributed by atoms with Crippen LogP contribution < -0.4 is 0 Å². The van der Waals surface area contributed by atoms with Crippen LogP contribution in [0.5, 0.6) is 0 Å². The molecule has 0 spiro atoms. The Morgan fingerprint density at radius 1 is 1.29 bits per heavy atom. The maximum Gasteiger partial charge on any atom is 0.222 e. The zero-order valence-corrected chi connectivity index (χ0v) is 10.2. The van der Waals surface area contributed by atoms with Gasteiger partial charge in [-0.3, -0.25) is 9.36 Å². The van der Waals surface area contributed by atoms with Gasteiger partial charge < -0.3 is 4.89 Å². The second-order valence-electron chi connectivity index (χ2n) is 3.46. The first-order chi connectivity index (χ1) is 6.48. The molecule has 0 aliphatic carbocycles. The quantitative estimate of drug-likeness (QED) is 0.403. The van der Waals surface area contributed by atoms with E-state index in [0.29, 0.717) is 6.16 Å². The van der Waals surface area contributed by atoms with E-state index >= 15 is 0 Å². The lowest BCUT2D eigenvalue weighted by atomic mass is 10.2. The number of halogens is 1. The molecule has 0 fully saturated rings. The van der Waals surface area contributed by atoms with Crippen LogP contribution in [0.4, 0.5) is 0 Å². The van der Waals surface area contributed by atoms with Gasteiger partial charge in [0.2, 0.25) is 12.6 Å². The summed E-state index contributed by atoms with van der Waals surface area (Å²) in [7, 11) is -3.09. The Balaban J connectivity index is 3.61. The molecular weight excluding hydrogens is 223 g/mol. The van der Waals surface area contributed by atoms with Gasteiger partial charge in [0.05, 0.1) is 0 Å². The van der Waals surface area contributed by atoms with Gasteiger partial charge in [0.1, 0.15) is 0 Å². The van der Waals surface area contributed by atoms with Crippen molar-refractivity contribution >= 4 is 24.2 Å². The Labute approximate surface area is 90.3 Å². The molecule has 0 aromatic carbocycles. The lowest BCUT2D eigenvalue weighted by Gasteiger charge is -2.09. The molecule has 0 aromatic heterocycles. The molecular formula is C9H18ClO3P. The Morgan fingerprint density at radius 3 is 2.43 bits per heavy atom. The Bertz CT molecular complexity index is 218. The SMILES string of the molecule is CCCCCCP(=O)(O)CCC(=O)Cl. The van der Waals surface area contributed by atoms with Crippen molar-refractivity contribution in [2.45, 2.75) is 39.0 Å². The van der Waals surface area contributed by atoms with E-state index in [1.54, 1.807) is 0 Å². The first kappa shape index (κ1) is 14.2. The predicted molar refractivity (Wildman–Crippen MR) is 59.2 cm³/mol. The molecule has 0 heterocycles. The van der Waals surface area contributed by atoms with E-state index in [9.17, 15) is 14.3 Å². The summed E-state index contributed by atoms with van der Waals surface area (Å²) in [6.45, 7) is 2.09. The van der Waals surface area contributed by atoms with Crippen LogP contribution in [0.3, 0.4) is 0 Å². The fraction of sp³-hybridized carbons (Fsp3) is 0.889. The summed E-state index contributed by atoms with van der Waals surface area (Å²) >= 11 is 5.10. The van der Waals surface area contributed by atoms with E-state index in [1.165, 1.54) is 0 Å². The monoisotopic (exact) mass is 240 g/mol. The largest absolute Gasteiger partial charge is 0.344 e. The van der Waals surface area contributed by atoms with Crippen molar-refractivity contribution in [2.24, 2.45) is 0 Å². The zero-order valence-electron chi connectivity index (χ0n) is 8.54. The third kappa shape index (κ3) is 8.74. The maximum atomic E-state index is 11.4. The molecule has 0 bridgehead atoms. The fourth-order valence-corrected chi connectivity index (χ4v) is 2.88. The van der Waals surface area contributed by atoms with Crippen LogP contribution in [0.25, 0.3) is 0 Å². The highest BCUT2D eigenvalue weighted by Gasteiger charge is 2.18. The fourth-order valence-electron chi connectivity index (χ4n) is 1.16. The van der Waals surface area contributed by atoms with Gasteiger partial charge in [0.25, 0.3) is 0 Å². The molecule has 0 rings (SSSR count). The van der Waals surface area contributed by atoms with Crippen molar-refractivity contribution in [1.82, 2.24) is 0 Å². The lowest BCUT2D eigenvalue weighted by molar-refractivity contribution is -0.111. The summed E-state index contributed by atoms with van der Waals surface area (Å²) < 4.78 is 11.4. The van der Waals surface area contributed by atoms with E-state index in [1.807, 2.05) is 0 Å². The lowest BCUT2D eigenvalue weighted by Crippen LogP contribution is -1.98. The van der Waals surface area contributed by atoms with Crippen LogP contribution in [-0.2, 0) is 9.36 Å². The number of rotatable bonds is 8. The zero-order chi connectivity index (χ0) is 11.0. The van der Waals surface area contributed by atoms with Crippen LogP contribution in [0, 0.1) is 0 Å². The van der Waals surface area contributed by atoms with Crippen LogP contribution in [-0.4, -0.2) is 22.5 Å². The number of hydrogen-bond donors (Lipinski definition) is 1. The van der Waals surface area contributed by atoms with Gasteiger partial charge in [0, 0.05) is 18.7 Å².